The minimum Gasteiger partial charge on any atom is -0.497 e. The number of methoxy groups -OCH3 is 1. The normalized spacial score (nSPS) is 26.8. The molecule has 2 atom stereocenters. The Kier molecular flexibility index (Phi) is 5.38. The third kappa shape index (κ3) is 3.41. The summed E-state index contributed by atoms with van der Waals surface area (Å²) in [6, 6.07) is 7.22. The van der Waals surface area contributed by atoms with Crippen molar-refractivity contribution in [2.24, 2.45) is 0 Å². The summed E-state index contributed by atoms with van der Waals surface area (Å²) in [5.41, 5.74) is 0.266. The molecule has 1 amide bonds. The fourth-order valence-electron chi connectivity index (χ4n) is 3.40. The van der Waals surface area contributed by atoms with Crippen LogP contribution in [0.2, 0.25) is 0 Å². The molecule has 2 heterocycles. The zero-order valence-corrected chi connectivity index (χ0v) is 14.3. The van der Waals surface area contributed by atoms with E-state index in [0.29, 0.717) is 45.1 Å². The summed E-state index contributed by atoms with van der Waals surface area (Å²) in [5.74, 6) is 0.755. The topological polar surface area (TPSA) is 57.2 Å². The number of ether oxygens (including phenoxy) is 4. The summed E-state index contributed by atoms with van der Waals surface area (Å²) in [5, 5.41) is 0. The molecule has 0 N–H and O–H groups in total. The van der Waals surface area contributed by atoms with E-state index >= 15 is 0 Å². The van der Waals surface area contributed by atoms with Crippen LogP contribution in [0.1, 0.15) is 23.7 Å². The molecule has 0 saturated carbocycles. The van der Waals surface area contributed by atoms with E-state index in [1.165, 1.54) is 0 Å². The van der Waals surface area contributed by atoms with Crippen LogP contribution in [-0.4, -0.2) is 69.1 Å². The molecule has 0 unspecified atom stereocenters. The predicted octanol–water partition coefficient (Wildman–Crippen LogP) is 1.73. The second-order valence-corrected chi connectivity index (χ2v) is 6.26. The third-order valence-electron chi connectivity index (χ3n) is 4.69. The highest BCUT2D eigenvalue weighted by Gasteiger charge is 2.49. The molecule has 2 saturated heterocycles. The van der Waals surface area contributed by atoms with Crippen LogP contribution in [0.5, 0.6) is 5.75 Å². The lowest BCUT2D eigenvalue weighted by molar-refractivity contribution is -0.0559. The molecule has 2 aliphatic rings. The maximum Gasteiger partial charge on any atom is 0.254 e. The summed E-state index contributed by atoms with van der Waals surface area (Å²) in [6.45, 7) is 5.33. The van der Waals surface area contributed by atoms with Gasteiger partial charge in [0.1, 0.15) is 5.75 Å². The lowest BCUT2D eigenvalue weighted by Gasteiger charge is -2.43. The first-order chi connectivity index (χ1) is 11.7. The lowest BCUT2D eigenvalue weighted by Crippen LogP contribution is -2.59. The average Bonchev–Trinajstić information content (AvgIpc) is 3.03. The molecule has 6 nitrogen and oxygen atoms in total. The van der Waals surface area contributed by atoms with Gasteiger partial charge in [0.15, 0.2) is 0 Å². The molecular weight excluding hydrogens is 310 g/mol. The van der Waals surface area contributed by atoms with E-state index in [2.05, 4.69) is 0 Å². The van der Waals surface area contributed by atoms with E-state index in [9.17, 15) is 4.79 Å². The molecule has 3 rings (SSSR count). The number of morpholine rings is 1. The molecule has 1 spiro atoms. The molecule has 0 radical (unpaired) electrons. The first-order valence-electron chi connectivity index (χ1n) is 8.41. The Morgan fingerprint density at radius 1 is 1.33 bits per heavy atom. The van der Waals surface area contributed by atoms with E-state index in [1.54, 1.807) is 19.2 Å². The fourth-order valence-corrected chi connectivity index (χ4v) is 3.40. The SMILES string of the molecule is CCOC[C@@H]1C[C@]2(COCCN2C(=O)c2ccc(OC)cc2)CO1. The van der Waals surface area contributed by atoms with Crippen LogP contribution in [0.15, 0.2) is 24.3 Å². The molecule has 0 aliphatic carbocycles. The van der Waals surface area contributed by atoms with Crippen LogP contribution in [0.25, 0.3) is 0 Å². The Balaban J connectivity index is 1.75. The van der Waals surface area contributed by atoms with E-state index in [-0.39, 0.29) is 12.0 Å². The van der Waals surface area contributed by atoms with Gasteiger partial charge in [-0.15, -0.1) is 0 Å². The van der Waals surface area contributed by atoms with Gasteiger partial charge < -0.3 is 23.8 Å². The van der Waals surface area contributed by atoms with Crippen molar-refractivity contribution in [3.8, 4) is 5.75 Å². The van der Waals surface area contributed by atoms with Gasteiger partial charge >= 0.3 is 0 Å². The van der Waals surface area contributed by atoms with Crippen molar-refractivity contribution in [2.45, 2.75) is 25.0 Å². The highest BCUT2D eigenvalue weighted by molar-refractivity contribution is 5.95. The number of nitrogens with zero attached hydrogens (tertiary/aromatic N) is 1. The minimum absolute atomic E-state index is 0.0119. The number of hydrogen-bond acceptors (Lipinski definition) is 5. The number of carbonyl (C=O) groups excluding carboxylic acids is 1. The van der Waals surface area contributed by atoms with Gasteiger partial charge in [0.25, 0.3) is 5.91 Å². The van der Waals surface area contributed by atoms with Crippen LogP contribution in [0, 0.1) is 0 Å². The molecule has 2 fully saturated rings. The largest absolute Gasteiger partial charge is 0.497 e. The van der Waals surface area contributed by atoms with Crippen molar-refractivity contribution in [3.63, 3.8) is 0 Å². The van der Waals surface area contributed by atoms with Crippen LogP contribution >= 0.6 is 0 Å². The third-order valence-corrected chi connectivity index (χ3v) is 4.69. The number of rotatable bonds is 5. The molecule has 2 aliphatic heterocycles. The van der Waals surface area contributed by atoms with Gasteiger partial charge in [-0.05, 0) is 31.2 Å². The van der Waals surface area contributed by atoms with Crippen LogP contribution < -0.4 is 4.74 Å². The van der Waals surface area contributed by atoms with Crippen molar-refractivity contribution in [1.29, 1.82) is 0 Å². The summed E-state index contributed by atoms with van der Waals surface area (Å²) < 4.78 is 22.2. The first kappa shape index (κ1) is 17.2. The van der Waals surface area contributed by atoms with Crippen molar-refractivity contribution in [1.82, 2.24) is 4.90 Å². The molecule has 1 aromatic carbocycles. The van der Waals surface area contributed by atoms with Crippen LogP contribution in [-0.2, 0) is 14.2 Å². The highest BCUT2D eigenvalue weighted by Crippen LogP contribution is 2.34. The first-order valence-corrected chi connectivity index (χ1v) is 8.41. The molecule has 6 heteroatoms. The second kappa shape index (κ2) is 7.51. The number of benzene rings is 1. The molecule has 132 valence electrons. The van der Waals surface area contributed by atoms with E-state index < -0.39 is 5.54 Å². The van der Waals surface area contributed by atoms with Gasteiger partial charge in [0.05, 0.1) is 45.2 Å². The standard InChI is InChI=1S/C18H25NO5/c1-3-22-11-16-10-18(13-24-16)12-23-9-8-19(18)17(20)14-4-6-15(21-2)7-5-14/h4-7,16H,3,8-13H2,1-2H3/t16-,18-/m0/s1. The minimum atomic E-state index is -0.392. The zero-order chi connectivity index (χ0) is 17.0. The Labute approximate surface area is 142 Å². The Morgan fingerprint density at radius 2 is 2.12 bits per heavy atom. The van der Waals surface area contributed by atoms with E-state index in [4.69, 9.17) is 18.9 Å². The molecule has 0 bridgehead atoms. The van der Waals surface area contributed by atoms with Crippen molar-refractivity contribution >= 4 is 5.91 Å². The molecule has 0 aromatic heterocycles. The summed E-state index contributed by atoms with van der Waals surface area (Å²) in [6.07, 6.45) is 0.757. The summed E-state index contributed by atoms with van der Waals surface area (Å²) >= 11 is 0. The second-order valence-electron chi connectivity index (χ2n) is 6.26. The molecular formula is C18H25NO5. The summed E-state index contributed by atoms with van der Waals surface area (Å²) in [4.78, 5) is 14.9. The van der Waals surface area contributed by atoms with Crippen molar-refractivity contribution in [2.75, 3.05) is 46.7 Å². The van der Waals surface area contributed by atoms with E-state index in [1.807, 2.05) is 24.0 Å². The van der Waals surface area contributed by atoms with Crippen molar-refractivity contribution < 1.29 is 23.7 Å². The predicted molar refractivity (Wildman–Crippen MR) is 88.4 cm³/mol. The van der Waals surface area contributed by atoms with Crippen LogP contribution in [0.4, 0.5) is 0 Å². The smallest absolute Gasteiger partial charge is 0.254 e. The Hall–Kier alpha value is -1.63. The van der Waals surface area contributed by atoms with Gasteiger partial charge in [0, 0.05) is 25.1 Å². The van der Waals surface area contributed by atoms with Gasteiger partial charge in [-0.25, -0.2) is 0 Å². The number of hydrogen-bond donors (Lipinski definition) is 0. The van der Waals surface area contributed by atoms with Gasteiger partial charge in [-0.1, -0.05) is 0 Å². The lowest BCUT2D eigenvalue weighted by atomic mass is 9.92. The van der Waals surface area contributed by atoms with E-state index in [0.717, 1.165) is 12.2 Å². The summed E-state index contributed by atoms with van der Waals surface area (Å²) in [7, 11) is 1.61. The Bertz CT molecular complexity index is 561. The molecule has 24 heavy (non-hydrogen) atoms. The monoisotopic (exact) mass is 335 g/mol. The van der Waals surface area contributed by atoms with Gasteiger partial charge in [-0.2, -0.15) is 0 Å². The quantitative estimate of drug-likeness (QED) is 0.820. The van der Waals surface area contributed by atoms with Crippen LogP contribution in [0.3, 0.4) is 0 Å². The number of carbonyl (C=O) groups is 1. The average molecular weight is 335 g/mol. The maximum absolute atomic E-state index is 13.0. The van der Waals surface area contributed by atoms with Crippen molar-refractivity contribution in [3.05, 3.63) is 29.8 Å². The van der Waals surface area contributed by atoms with Gasteiger partial charge in [0.2, 0.25) is 0 Å². The van der Waals surface area contributed by atoms with Gasteiger partial charge in [-0.3, -0.25) is 4.79 Å². The Morgan fingerprint density at radius 3 is 2.83 bits per heavy atom. The molecule has 1 aromatic rings. The number of amides is 1. The zero-order valence-electron chi connectivity index (χ0n) is 14.3. The highest BCUT2D eigenvalue weighted by atomic mass is 16.5. The fraction of sp³-hybridized carbons (Fsp3) is 0.611. The maximum atomic E-state index is 13.0.